The predicted octanol–water partition coefficient (Wildman–Crippen LogP) is 2.32. The Labute approximate surface area is 104 Å². The van der Waals surface area contributed by atoms with Crippen LogP contribution in [0.25, 0.3) is 0 Å². The lowest BCUT2D eigenvalue weighted by molar-refractivity contribution is 0.373. The fourth-order valence-corrected chi connectivity index (χ4v) is 2.21. The van der Waals surface area contributed by atoms with Crippen LogP contribution in [0, 0.1) is 0 Å². The molecule has 2 heterocycles. The van der Waals surface area contributed by atoms with Gasteiger partial charge in [0.1, 0.15) is 6.33 Å². The minimum Gasteiger partial charge on any atom is -0.479 e. The Bertz CT molecular complexity index is 465. The van der Waals surface area contributed by atoms with Gasteiger partial charge in [-0.3, -0.25) is 0 Å². The summed E-state index contributed by atoms with van der Waals surface area (Å²) < 4.78 is 10.5. The van der Waals surface area contributed by atoms with Crippen LogP contribution in [0.1, 0.15) is 0 Å². The van der Waals surface area contributed by atoms with Gasteiger partial charge in [-0.2, -0.15) is 9.97 Å². The molecule has 0 aliphatic heterocycles. The number of nitrogens with zero attached hydrogens (tertiary/aromatic N) is 3. The first-order valence-corrected chi connectivity index (χ1v) is 5.86. The van der Waals surface area contributed by atoms with Crippen LogP contribution in [0.2, 0.25) is 0 Å². The van der Waals surface area contributed by atoms with Crippen molar-refractivity contribution in [3.63, 3.8) is 0 Å². The molecule has 0 aromatic carbocycles. The summed E-state index contributed by atoms with van der Waals surface area (Å²) in [7, 11) is 5.08. The van der Waals surface area contributed by atoms with Gasteiger partial charge in [0.2, 0.25) is 11.8 Å². The van der Waals surface area contributed by atoms with E-state index >= 15 is 0 Å². The van der Waals surface area contributed by atoms with E-state index in [9.17, 15) is 0 Å². The van der Waals surface area contributed by atoms with Crippen LogP contribution in [0.15, 0.2) is 23.8 Å². The van der Waals surface area contributed by atoms with Crippen LogP contribution < -0.4 is 14.4 Å². The van der Waals surface area contributed by atoms with Crippen molar-refractivity contribution in [2.45, 2.75) is 0 Å². The SMILES string of the molecule is COc1ncnc(OC)c1N(C)c1cccs1. The summed E-state index contributed by atoms with van der Waals surface area (Å²) in [6, 6.07) is 4.00. The van der Waals surface area contributed by atoms with E-state index in [1.807, 2.05) is 29.5 Å². The second-order valence-electron chi connectivity index (χ2n) is 3.25. The maximum Gasteiger partial charge on any atom is 0.244 e. The normalized spacial score (nSPS) is 10.1. The van der Waals surface area contributed by atoms with Gasteiger partial charge in [-0.25, -0.2) is 0 Å². The third kappa shape index (κ3) is 2.16. The molecule has 0 N–H and O–H groups in total. The van der Waals surface area contributed by atoms with Crippen molar-refractivity contribution in [1.29, 1.82) is 0 Å². The van der Waals surface area contributed by atoms with Gasteiger partial charge in [-0.15, -0.1) is 11.3 Å². The van der Waals surface area contributed by atoms with Gasteiger partial charge in [0.15, 0.2) is 5.69 Å². The van der Waals surface area contributed by atoms with Gasteiger partial charge in [0, 0.05) is 7.05 Å². The molecule has 0 amide bonds. The number of thiophene rings is 1. The molecule has 0 aliphatic carbocycles. The highest BCUT2D eigenvalue weighted by Crippen LogP contribution is 2.38. The molecule has 0 fully saturated rings. The number of hydrogen-bond acceptors (Lipinski definition) is 6. The zero-order valence-electron chi connectivity index (χ0n) is 9.88. The molecule has 6 heteroatoms. The van der Waals surface area contributed by atoms with Crippen LogP contribution in [0.5, 0.6) is 11.8 Å². The van der Waals surface area contributed by atoms with Crippen molar-refractivity contribution in [1.82, 2.24) is 9.97 Å². The fourth-order valence-electron chi connectivity index (χ4n) is 1.50. The van der Waals surface area contributed by atoms with E-state index < -0.39 is 0 Å². The third-order valence-corrected chi connectivity index (χ3v) is 3.26. The van der Waals surface area contributed by atoms with Gasteiger partial charge in [-0.1, -0.05) is 0 Å². The lowest BCUT2D eigenvalue weighted by Crippen LogP contribution is -2.12. The largest absolute Gasteiger partial charge is 0.479 e. The average Bonchev–Trinajstić information content (AvgIpc) is 2.90. The van der Waals surface area contributed by atoms with Crippen LogP contribution in [0.3, 0.4) is 0 Å². The van der Waals surface area contributed by atoms with Gasteiger partial charge in [0.25, 0.3) is 0 Å². The van der Waals surface area contributed by atoms with Gasteiger partial charge < -0.3 is 14.4 Å². The highest BCUT2D eigenvalue weighted by Gasteiger charge is 2.18. The van der Waals surface area contributed by atoms with E-state index in [1.165, 1.54) is 6.33 Å². The molecule has 0 bridgehead atoms. The highest BCUT2D eigenvalue weighted by molar-refractivity contribution is 7.14. The number of anilines is 2. The van der Waals surface area contributed by atoms with Crippen molar-refractivity contribution in [3.05, 3.63) is 23.8 Å². The maximum absolute atomic E-state index is 5.24. The first kappa shape index (κ1) is 11.7. The summed E-state index contributed by atoms with van der Waals surface area (Å²) in [5, 5.41) is 3.07. The Balaban J connectivity index is 2.49. The van der Waals surface area contributed by atoms with Crippen LogP contribution in [0.4, 0.5) is 10.7 Å². The van der Waals surface area contributed by atoms with Gasteiger partial charge in [-0.05, 0) is 17.5 Å². The van der Waals surface area contributed by atoms with E-state index in [-0.39, 0.29) is 0 Å². The Morgan fingerprint density at radius 3 is 2.29 bits per heavy atom. The zero-order valence-corrected chi connectivity index (χ0v) is 10.7. The van der Waals surface area contributed by atoms with E-state index in [2.05, 4.69) is 9.97 Å². The zero-order chi connectivity index (χ0) is 12.3. The summed E-state index contributed by atoms with van der Waals surface area (Å²) in [6.07, 6.45) is 1.42. The molecule has 0 radical (unpaired) electrons. The summed E-state index contributed by atoms with van der Waals surface area (Å²) in [6.45, 7) is 0. The summed E-state index contributed by atoms with van der Waals surface area (Å²) in [4.78, 5) is 10.1. The summed E-state index contributed by atoms with van der Waals surface area (Å²) in [5.41, 5.74) is 0.722. The first-order chi connectivity index (χ1) is 8.27. The summed E-state index contributed by atoms with van der Waals surface area (Å²) in [5.74, 6) is 0.987. The van der Waals surface area contributed by atoms with Gasteiger partial charge in [0.05, 0.1) is 19.2 Å². The molecule has 90 valence electrons. The van der Waals surface area contributed by atoms with Crippen LogP contribution in [-0.2, 0) is 0 Å². The molecule has 2 rings (SSSR count). The Kier molecular flexibility index (Phi) is 3.43. The van der Waals surface area contributed by atoms with Crippen LogP contribution >= 0.6 is 11.3 Å². The Morgan fingerprint density at radius 1 is 1.18 bits per heavy atom. The second kappa shape index (κ2) is 5.01. The number of aromatic nitrogens is 2. The Morgan fingerprint density at radius 2 is 1.82 bits per heavy atom. The minimum absolute atomic E-state index is 0.493. The molecule has 0 unspecified atom stereocenters. The second-order valence-corrected chi connectivity index (χ2v) is 4.18. The molecule has 0 atom stereocenters. The molecule has 5 nitrogen and oxygen atoms in total. The monoisotopic (exact) mass is 251 g/mol. The quantitative estimate of drug-likeness (QED) is 0.834. The number of ether oxygens (including phenoxy) is 2. The Hall–Kier alpha value is -1.82. The highest BCUT2D eigenvalue weighted by atomic mass is 32.1. The van der Waals surface area contributed by atoms with Crippen molar-refractivity contribution in [2.24, 2.45) is 0 Å². The molecule has 0 aliphatic rings. The van der Waals surface area contributed by atoms with Crippen molar-refractivity contribution in [3.8, 4) is 11.8 Å². The number of rotatable bonds is 4. The summed E-state index contributed by atoms with van der Waals surface area (Å²) >= 11 is 1.62. The first-order valence-electron chi connectivity index (χ1n) is 4.98. The third-order valence-electron chi connectivity index (χ3n) is 2.31. The lowest BCUT2D eigenvalue weighted by Gasteiger charge is -2.20. The topological polar surface area (TPSA) is 47.5 Å². The van der Waals surface area contributed by atoms with E-state index in [1.54, 1.807) is 25.6 Å². The molecule has 0 saturated carbocycles. The molecular weight excluding hydrogens is 238 g/mol. The van der Waals surface area contributed by atoms with Crippen molar-refractivity contribution in [2.75, 3.05) is 26.2 Å². The molecule has 2 aromatic rings. The molecule has 0 spiro atoms. The van der Waals surface area contributed by atoms with Gasteiger partial charge >= 0.3 is 0 Å². The average molecular weight is 251 g/mol. The fraction of sp³-hybridized carbons (Fsp3) is 0.273. The standard InChI is InChI=1S/C11H13N3O2S/c1-14(8-5-4-6-17-8)9-10(15-2)12-7-13-11(9)16-3/h4-7H,1-3H3. The van der Waals surface area contributed by atoms with E-state index in [0.29, 0.717) is 11.8 Å². The molecular formula is C11H13N3O2S. The molecule has 17 heavy (non-hydrogen) atoms. The molecule has 0 saturated heterocycles. The number of methoxy groups -OCH3 is 2. The predicted molar refractivity (Wildman–Crippen MR) is 67.5 cm³/mol. The van der Waals surface area contributed by atoms with E-state index in [0.717, 1.165) is 10.7 Å². The number of hydrogen-bond donors (Lipinski definition) is 0. The van der Waals surface area contributed by atoms with E-state index in [4.69, 9.17) is 9.47 Å². The van der Waals surface area contributed by atoms with Crippen LogP contribution in [-0.4, -0.2) is 31.2 Å². The smallest absolute Gasteiger partial charge is 0.244 e. The van der Waals surface area contributed by atoms with Crippen molar-refractivity contribution < 1.29 is 9.47 Å². The maximum atomic E-state index is 5.24. The van der Waals surface area contributed by atoms with Crippen molar-refractivity contribution >= 4 is 22.0 Å². The lowest BCUT2D eigenvalue weighted by atomic mass is 10.4. The minimum atomic E-state index is 0.493. The molecule has 2 aromatic heterocycles.